The molecule has 0 heterocycles. The Morgan fingerprint density at radius 3 is 2.06 bits per heavy atom. The zero-order valence-electron chi connectivity index (χ0n) is 17.4. The lowest BCUT2D eigenvalue weighted by atomic mass is 9.98. The van der Waals surface area contributed by atoms with Gasteiger partial charge in [0.1, 0.15) is 0 Å². The molecule has 0 aromatic heterocycles. The summed E-state index contributed by atoms with van der Waals surface area (Å²) in [7, 11) is -3.79. The third-order valence-corrected chi connectivity index (χ3v) is 6.59. The van der Waals surface area contributed by atoms with E-state index >= 15 is 0 Å². The SMILES string of the molecule is CC(=O)c1ccc(S(=O)(=O)NCCC(=O)NC(c2ccccc2)c2ccc(Cl)cc2)cc1. The lowest BCUT2D eigenvalue weighted by Gasteiger charge is -2.20. The minimum atomic E-state index is -3.79. The van der Waals surface area contributed by atoms with Gasteiger partial charge in [0.2, 0.25) is 15.9 Å². The molecule has 0 spiro atoms. The van der Waals surface area contributed by atoms with Crippen LogP contribution in [0, 0.1) is 0 Å². The van der Waals surface area contributed by atoms with E-state index in [1.807, 2.05) is 42.5 Å². The summed E-state index contributed by atoms with van der Waals surface area (Å²) in [6.45, 7) is 1.35. The smallest absolute Gasteiger partial charge is 0.240 e. The fraction of sp³-hybridized carbons (Fsp3) is 0.167. The number of halogens is 1. The number of nitrogens with one attached hydrogen (secondary N) is 2. The summed E-state index contributed by atoms with van der Waals surface area (Å²) in [5.74, 6) is -0.448. The molecule has 8 heteroatoms. The van der Waals surface area contributed by atoms with Crippen molar-refractivity contribution < 1.29 is 18.0 Å². The number of Topliss-reactive ketones (excluding diaryl/α,β-unsaturated/α-hetero) is 1. The topological polar surface area (TPSA) is 92.3 Å². The Morgan fingerprint density at radius 2 is 1.47 bits per heavy atom. The zero-order valence-corrected chi connectivity index (χ0v) is 19.0. The third kappa shape index (κ3) is 6.26. The van der Waals surface area contributed by atoms with E-state index in [0.717, 1.165) is 11.1 Å². The van der Waals surface area contributed by atoms with Gasteiger partial charge in [0, 0.05) is 23.6 Å². The Hall–Kier alpha value is -3.00. The summed E-state index contributed by atoms with van der Waals surface area (Å²) < 4.78 is 27.3. The maximum Gasteiger partial charge on any atom is 0.240 e. The molecule has 0 bridgehead atoms. The molecule has 3 rings (SSSR count). The van der Waals surface area contributed by atoms with Crippen LogP contribution in [-0.4, -0.2) is 26.7 Å². The monoisotopic (exact) mass is 470 g/mol. The summed E-state index contributed by atoms with van der Waals surface area (Å²) in [5, 5.41) is 3.56. The van der Waals surface area contributed by atoms with Crippen molar-refractivity contribution in [3.63, 3.8) is 0 Å². The number of carbonyl (C=O) groups is 2. The van der Waals surface area contributed by atoms with Gasteiger partial charge < -0.3 is 5.32 Å². The molecule has 0 saturated carbocycles. The van der Waals surface area contributed by atoms with Crippen molar-refractivity contribution in [3.05, 3.63) is 101 Å². The number of rotatable bonds is 9. The second-order valence-corrected chi connectivity index (χ2v) is 9.39. The molecule has 1 unspecified atom stereocenters. The van der Waals surface area contributed by atoms with E-state index < -0.39 is 16.1 Å². The molecule has 0 aliphatic rings. The highest BCUT2D eigenvalue weighted by atomic mass is 35.5. The first-order valence-corrected chi connectivity index (χ1v) is 11.8. The first-order valence-electron chi connectivity index (χ1n) is 9.97. The van der Waals surface area contributed by atoms with Crippen LogP contribution in [0.5, 0.6) is 0 Å². The molecule has 0 aliphatic carbocycles. The van der Waals surface area contributed by atoms with Gasteiger partial charge in [-0.2, -0.15) is 0 Å². The van der Waals surface area contributed by atoms with Gasteiger partial charge in [0.15, 0.2) is 5.78 Å². The second-order valence-electron chi connectivity index (χ2n) is 7.19. The lowest BCUT2D eigenvalue weighted by Crippen LogP contribution is -2.33. The van der Waals surface area contributed by atoms with E-state index in [2.05, 4.69) is 10.0 Å². The number of ketones is 1. The van der Waals surface area contributed by atoms with Crippen molar-refractivity contribution in [2.45, 2.75) is 24.3 Å². The highest BCUT2D eigenvalue weighted by Gasteiger charge is 2.18. The average Bonchev–Trinajstić information content (AvgIpc) is 2.79. The van der Waals surface area contributed by atoms with Crippen molar-refractivity contribution in [1.29, 1.82) is 0 Å². The maximum absolute atomic E-state index is 12.6. The molecule has 1 atom stereocenters. The molecule has 166 valence electrons. The van der Waals surface area contributed by atoms with Crippen LogP contribution in [0.25, 0.3) is 0 Å². The fourth-order valence-electron chi connectivity index (χ4n) is 3.14. The summed E-state index contributed by atoms with van der Waals surface area (Å²) in [6.07, 6.45) is -0.0400. The van der Waals surface area contributed by atoms with E-state index in [1.165, 1.54) is 31.2 Å². The third-order valence-electron chi connectivity index (χ3n) is 4.86. The van der Waals surface area contributed by atoms with Gasteiger partial charge in [-0.1, -0.05) is 66.2 Å². The molecule has 2 N–H and O–H groups in total. The Morgan fingerprint density at radius 1 is 0.875 bits per heavy atom. The molecule has 32 heavy (non-hydrogen) atoms. The van der Waals surface area contributed by atoms with Crippen LogP contribution in [0.2, 0.25) is 5.02 Å². The summed E-state index contributed by atoms with van der Waals surface area (Å²) in [6, 6.07) is 21.9. The Kier molecular flexibility index (Phi) is 7.80. The highest BCUT2D eigenvalue weighted by molar-refractivity contribution is 7.89. The van der Waals surface area contributed by atoms with Crippen molar-refractivity contribution in [2.75, 3.05) is 6.54 Å². The van der Waals surface area contributed by atoms with E-state index in [9.17, 15) is 18.0 Å². The highest BCUT2D eigenvalue weighted by Crippen LogP contribution is 2.23. The van der Waals surface area contributed by atoms with Crippen molar-refractivity contribution in [2.24, 2.45) is 0 Å². The van der Waals surface area contributed by atoms with E-state index in [-0.39, 0.29) is 29.6 Å². The van der Waals surface area contributed by atoms with Gasteiger partial charge in [-0.25, -0.2) is 13.1 Å². The van der Waals surface area contributed by atoms with Gasteiger partial charge in [-0.05, 0) is 42.3 Å². The van der Waals surface area contributed by atoms with Gasteiger partial charge in [-0.15, -0.1) is 0 Å². The quantitative estimate of drug-likeness (QED) is 0.460. The fourth-order valence-corrected chi connectivity index (χ4v) is 4.30. The number of carbonyl (C=O) groups excluding carboxylic acids is 2. The Bertz CT molecular complexity index is 1180. The van der Waals surface area contributed by atoms with Crippen LogP contribution in [0.3, 0.4) is 0 Å². The van der Waals surface area contributed by atoms with Crippen molar-refractivity contribution in [1.82, 2.24) is 10.0 Å². The van der Waals surface area contributed by atoms with E-state index in [4.69, 9.17) is 11.6 Å². The molecule has 3 aromatic rings. The summed E-state index contributed by atoms with van der Waals surface area (Å²) in [4.78, 5) is 24.0. The van der Waals surface area contributed by atoms with Crippen LogP contribution in [0.4, 0.5) is 0 Å². The maximum atomic E-state index is 12.6. The summed E-state index contributed by atoms with van der Waals surface area (Å²) >= 11 is 5.98. The van der Waals surface area contributed by atoms with E-state index in [0.29, 0.717) is 10.6 Å². The molecule has 1 amide bonds. The first-order chi connectivity index (χ1) is 15.3. The number of hydrogen-bond acceptors (Lipinski definition) is 4. The van der Waals surface area contributed by atoms with Gasteiger partial charge in [0.25, 0.3) is 0 Å². The molecule has 6 nitrogen and oxygen atoms in total. The van der Waals surface area contributed by atoms with Crippen LogP contribution in [-0.2, 0) is 14.8 Å². The Labute approximate surface area is 192 Å². The van der Waals surface area contributed by atoms with Crippen LogP contribution in [0.1, 0.15) is 40.9 Å². The van der Waals surface area contributed by atoms with Gasteiger partial charge >= 0.3 is 0 Å². The van der Waals surface area contributed by atoms with Gasteiger partial charge in [-0.3, -0.25) is 9.59 Å². The molecular weight excluding hydrogens is 448 g/mol. The molecule has 0 aliphatic heterocycles. The largest absolute Gasteiger partial charge is 0.345 e. The summed E-state index contributed by atoms with van der Waals surface area (Å²) in [5.41, 5.74) is 2.19. The van der Waals surface area contributed by atoms with Crippen LogP contribution < -0.4 is 10.0 Å². The molecule has 0 radical (unpaired) electrons. The van der Waals surface area contributed by atoms with Crippen molar-refractivity contribution in [3.8, 4) is 0 Å². The van der Waals surface area contributed by atoms with Crippen LogP contribution >= 0.6 is 11.6 Å². The number of sulfonamides is 1. The minimum absolute atomic E-state index is 0.0336. The van der Waals surface area contributed by atoms with Gasteiger partial charge in [0.05, 0.1) is 10.9 Å². The minimum Gasteiger partial charge on any atom is -0.345 e. The normalized spacial score (nSPS) is 12.2. The average molecular weight is 471 g/mol. The Balaban J connectivity index is 1.64. The molecule has 0 fully saturated rings. The number of amides is 1. The number of hydrogen-bond donors (Lipinski definition) is 2. The molecule has 3 aromatic carbocycles. The number of benzene rings is 3. The predicted molar refractivity (Wildman–Crippen MR) is 124 cm³/mol. The zero-order chi connectivity index (χ0) is 23.1. The molecular formula is C24H23ClN2O4S. The lowest BCUT2D eigenvalue weighted by molar-refractivity contribution is -0.121. The predicted octanol–water partition coefficient (Wildman–Crippen LogP) is 4.12. The molecule has 0 saturated heterocycles. The van der Waals surface area contributed by atoms with Crippen LogP contribution in [0.15, 0.2) is 83.8 Å². The first kappa shape index (κ1) is 23.7. The van der Waals surface area contributed by atoms with Crippen molar-refractivity contribution >= 4 is 33.3 Å². The second kappa shape index (κ2) is 10.5. The standard InChI is InChI=1S/C24H23ClN2O4S/c1-17(28)18-9-13-22(14-10-18)32(30,31)26-16-15-23(29)27-24(19-5-3-2-4-6-19)20-7-11-21(25)12-8-20/h2-14,24,26H,15-16H2,1H3,(H,27,29). The van der Waals surface area contributed by atoms with E-state index in [1.54, 1.807) is 12.1 Å².